The van der Waals surface area contributed by atoms with Gasteiger partial charge in [0.2, 0.25) is 0 Å². The van der Waals surface area contributed by atoms with Crippen molar-refractivity contribution in [1.82, 2.24) is 0 Å². The van der Waals surface area contributed by atoms with E-state index in [0.717, 1.165) is 23.8 Å². The predicted molar refractivity (Wildman–Crippen MR) is 109 cm³/mol. The first-order valence-electron chi connectivity index (χ1n) is 10.0. The minimum Gasteiger partial charge on any atom is -0.507 e. The molecule has 1 unspecified atom stereocenters. The Labute approximate surface area is 183 Å². The first-order chi connectivity index (χ1) is 15.1. The lowest BCUT2D eigenvalue weighted by Gasteiger charge is -2.41. The maximum atomic E-state index is 13.2. The molecule has 0 spiro atoms. The number of ether oxygens (including phenoxy) is 2. The number of ketones is 2. The number of phenols is 2. The zero-order chi connectivity index (χ0) is 23.7. The number of phenolic OH excluding ortho intramolecular Hbond substituents is 2. The number of Topliss-reactive ketones (excluding diaryl/α,β-unsaturated/α-hetero) is 1. The molecule has 6 N–H and O–H groups in total. The lowest BCUT2D eigenvalue weighted by molar-refractivity contribution is -0.307. The quantitative estimate of drug-likeness (QED) is 0.255. The van der Waals surface area contributed by atoms with E-state index in [9.17, 15) is 40.2 Å². The molecular weight excluding hydrogens is 424 g/mol. The summed E-state index contributed by atoms with van der Waals surface area (Å²) in [6.45, 7) is 2.93. The van der Waals surface area contributed by atoms with Crippen LogP contribution in [0.15, 0.2) is 35.4 Å². The van der Waals surface area contributed by atoms with Crippen LogP contribution in [0.5, 0.6) is 11.5 Å². The molecule has 6 atom stereocenters. The van der Waals surface area contributed by atoms with Crippen LogP contribution in [0.3, 0.4) is 0 Å². The first kappa shape index (κ1) is 24.1. The molecule has 174 valence electrons. The summed E-state index contributed by atoms with van der Waals surface area (Å²) in [5, 5.41) is 59.8. The Morgan fingerprint density at radius 1 is 1.06 bits per heavy atom. The molecule has 10 nitrogen and oxygen atoms in total. The minimum absolute atomic E-state index is 0.0666. The van der Waals surface area contributed by atoms with E-state index in [1.807, 2.05) is 0 Å². The molecule has 10 heteroatoms. The number of allylic oxidation sites excluding steroid dienone is 2. The van der Waals surface area contributed by atoms with Crippen LogP contribution >= 0.6 is 0 Å². The molecule has 0 saturated carbocycles. The molecule has 0 radical (unpaired) electrons. The Bertz CT molecular complexity index is 960. The Morgan fingerprint density at radius 3 is 2.28 bits per heavy atom. The summed E-state index contributed by atoms with van der Waals surface area (Å²) in [5.41, 5.74) is 0.0148. The SMILES string of the molecule is CC(C)=CCC(O[C@@H]1O[C@H](CO)[C@@H](O)[C@H](O)[C@H]1O)C1=CC(=O)c2c(O)ccc(O)c2C1=O. The van der Waals surface area contributed by atoms with Gasteiger partial charge in [-0.25, -0.2) is 0 Å². The highest BCUT2D eigenvalue weighted by Gasteiger charge is 2.46. The standard InChI is InChI=1S/C22H26O10/c1-9(2)3-6-14(31-22-21(30)20(29)19(28)15(8-23)32-22)10-7-13(26)16-11(24)4-5-12(25)17(16)18(10)27/h3-5,7,14-15,19-25,28-30H,6,8H2,1-2H3/t14?,15-,19-,20+,21-,22-/m1/s1. The van der Waals surface area contributed by atoms with Gasteiger partial charge in [-0.3, -0.25) is 9.59 Å². The molecule has 2 aliphatic rings. The van der Waals surface area contributed by atoms with E-state index in [-0.39, 0.29) is 23.1 Å². The highest BCUT2D eigenvalue weighted by atomic mass is 16.7. The fraction of sp³-hybridized carbons (Fsp3) is 0.455. The fourth-order valence-electron chi connectivity index (χ4n) is 3.66. The zero-order valence-electron chi connectivity index (χ0n) is 17.5. The number of aliphatic hydroxyl groups is 4. The third-order valence-corrected chi connectivity index (χ3v) is 5.42. The van der Waals surface area contributed by atoms with Crippen molar-refractivity contribution in [2.45, 2.75) is 57.1 Å². The summed E-state index contributed by atoms with van der Waals surface area (Å²) in [7, 11) is 0. The maximum Gasteiger partial charge on any atom is 0.196 e. The smallest absolute Gasteiger partial charge is 0.196 e. The number of rotatable bonds is 6. The third-order valence-electron chi connectivity index (χ3n) is 5.42. The van der Waals surface area contributed by atoms with E-state index in [1.54, 1.807) is 19.9 Å². The number of carbonyl (C=O) groups excluding carboxylic acids is 2. The summed E-state index contributed by atoms with van der Waals surface area (Å²) in [6, 6.07) is 2.19. The summed E-state index contributed by atoms with van der Waals surface area (Å²) >= 11 is 0. The molecule has 1 aromatic rings. The van der Waals surface area contributed by atoms with Crippen molar-refractivity contribution >= 4 is 11.6 Å². The van der Waals surface area contributed by atoms with E-state index in [1.165, 1.54) is 0 Å². The third kappa shape index (κ3) is 4.46. The second kappa shape index (κ2) is 9.49. The minimum atomic E-state index is -1.71. The van der Waals surface area contributed by atoms with Crippen molar-refractivity contribution in [3.05, 3.63) is 46.6 Å². The number of hydrogen-bond donors (Lipinski definition) is 6. The van der Waals surface area contributed by atoms with Gasteiger partial charge in [0.05, 0.1) is 23.8 Å². The van der Waals surface area contributed by atoms with Crippen LogP contribution in [0.25, 0.3) is 0 Å². The summed E-state index contributed by atoms with van der Waals surface area (Å²) in [6.07, 6.45) is -6.13. The largest absolute Gasteiger partial charge is 0.507 e. The normalized spacial score (nSPS) is 28.7. The number of aliphatic hydroxyl groups excluding tert-OH is 4. The van der Waals surface area contributed by atoms with Gasteiger partial charge in [-0.05, 0) is 38.5 Å². The number of aromatic hydroxyl groups is 2. The predicted octanol–water partition coefficient (Wildman–Crippen LogP) is -0.0554. The summed E-state index contributed by atoms with van der Waals surface area (Å²) in [4.78, 5) is 25.8. The van der Waals surface area contributed by atoms with Crippen molar-refractivity contribution in [1.29, 1.82) is 0 Å². The van der Waals surface area contributed by atoms with Crippen LogP contribution in [0.4, 0.5) is 0 Å². The van der Waals surface area contributed by atoms with Gasteiger partial charge in [0.25, 0.3) is 0 Å². The van der Waals surface area contributed by atoms with E-state index < -0.39 is 66.5 Å². The van der Waals surface area contributed by atoms with Crippen molar-refractivity contribution in [3.8, 4) is 11.5 Å². The molecule has 1 heterocycles. The lowest BCUT2D eigenvalue weighted by atomic mass is 9.85. The van der Waals surface area contributed by atoms with Crippen molar-refractivity contribution < 1.29 is 49.7 Å². The van der Waals surface area contributed by atoms with Gasteiger partial charge in [-0.15, -0.1) is 0 Å². The molecule has 1 saturated heterocycles. The van der Waals surface area contributed by atoms with Crippen LogP contribution in [-0.4, -0.2) is 85.6 Å². The lowest BCUT2D eigenvalue weighted by Crippen LogP contribution is -2.59. The topological polar surface area (TPSA) is 174 Å². The number of carbonyl (C=O) groups is 2. The summed E-state index contributed by atoms with van der Waals surface area (Å²) in [5.74, 6) is -2.43. The van der Waals surface area contributed by atoms with Crippen LogP contribution in [0.1, 0.15) is 41.0 Å². The van der Waals surface area contributed by atoms with Crippen molar-refractivity contribution in [2.75, 3.05) is 6.61 Å². The van der Waals surface area contributed by atoms with Gasteiger partial charge in [0.15, 0.2) is 17.9 Å². The molecule has 0 amide bonds. The van der Waals surface area contributed by atoms with Gasteiger partial charge in [0.1, 0.15) is 35.9 Å². The monoisotopic (exact) mass is 450 g/mol. The van der Waals surface area contributed by atoms with Crippen LogP contribution < -0.4 is 0 Å². The van der Waals surface area contributed by atoms with Gasteiger partial charge >= 0.3 is 0 Å². The van der Waals surface area contributed by atoms with Gasteiger partial charge in [0, 0.05) is 5.57 Å². The second-order valence-corrected chi connectivity index (χ2v) is 7.99. The Kier molecular flexibility index (Phi) is 7.13. The summed E-state index contributed by atoms with van der Waals surface area (Å²) < 4.78 is 11.1. The van der Waals surface area contributed by atoms with Crippen LogP contribution in [0, 0.1) is 0 Å². The number of benzene rings is 1. The van der Waals surface area contributed by atoms with E-state index in [0.29, 0.717) is 0 Å². The Morgan fingerprint density at radius 2 is 1.69 bits per heavy atom. The van der Waals surface area contributed by atoms with Gasteiger partial charge < -0.3 is 40.1 Å². The molecule has 3 rings (SSSR count). The Hall–Kier alpha value is -2.60. The molecule has 0 bridgehead atoms. The number of hydrogen-bond acceptors (Lipinski definition) is 10. The fourth-order valence-corrected chi connectivity index (χ4v) is 3.66. The van der Waals surface area contributed by atoms with E-state index in [2.05, 4.69) is 0 Å². The van der Waals surface area contributed by atoms with Crippen molar-refractivity contribution in [2.24, 2.45) is 0 Å². The average Bonchev–Trinajstić information content (AvgIpc) is 2.75. The molecule has 32 heavy (non-hydrogen) atoms. The van der Waals surface area contributed by atoms with Crippen LogP contribution in [0.2, 0.25) is 0 Å². The van der Waals surface area contributed by atoms with Crippen LogP contribution in [-0.2, 0) is 9.47 Å². The zero-order valence-corrected chi connectivity index (χ0v) is 17.5. The average molecular weight is 450 g/mol. The molecule has 1 aromatic carbocycles. The first-order valence-corrected chi connectivity index (χ1v) is 10.0. The van der Waals surface area contributed by atoms with Crippen molar-refractivity contribution in [3.63, 3.8) is 0 Å². The Balaban J connectivity index is 1.98. The molecular formula is C22H26O10. The maximum absolute atomic E-state index is 13.2. The molecule has 0 aromatic heterocycles. The van der Waals surface area contributed by atoms with Gasteiger partial charge in [-0.2, -0.15) is 0 Å². The van der Waals surface area contributed by atoms with Gasteiger partial charge in [-0.1, -0.05) is 11.6 Å². The molecule has 1 fully saturated rings. The van der Waals surface area contributed by atoms with E-state index >= 15 is 0 Å². The molecule has 1 aliphatic heterocycles. The second-order valence-electron chi connectivity index (χ2n) is 7.99. The highest BCUT2D eigenvalue weighted by Crippen LogP contribution is 2.37. The highest BCUT2D eigenvalue weighted by molar-refractivity contribution is 6.27. The van der Waals surface area contributed by atoms with E-state index in [4.69, 9.17) is 9.47 Å². The molecule has 1 aliphatic carbocycles. The number of fused-ring (bicyclic) bond motifs is 1.